The second-order valence-corrected chi connectivity index (χ2v) is 7.22. The molecule has 8 heteroatoms. The van der Waals surface area contributed by atoms with Gasteiger partial charge in [-0.25, -0.2) is 0 Å². The zero-order valence-electron chi connectivity index (χ0n) is 10.1. The number of allylic oxidation sites excluding steroid dienone is 1. The average Bonchev–Trinajstić information content (AvgIpc) is 2.40. The van der Waals surface area contributed by atoms with Crippen LogP contribution in [0, 0.1) is 0 Å². The quantitative estimate of drug-likeness (QED) is 0.496. The molecule has 1 aromatic carbocycles. The SMILES string of the molecule is COP(=O)(C/C(=C\Cl)c1cc(Cl)c(Cl)cc1Cl)OC. The lowest BCUT2D eigenvalue weighted by molar-refractivity contribution is 0.279. The maximum absolute atomic E-state index is 12.1. The van der Waals surface area contributed by atoms with E-state index >= 15 is 0 Å². The molecular weight excluding hydrogens is 353 g/mol. The molecule has 1 aromatic rings. The number of hydrogen-bond donors (Lipinski definition) is 0. The van der Waals surface area contributed by atoms with Crippen LogP contribution in [0.5, 0.6) is 0 Å². The van der Waals surface area contributed by atoms with Crippen LogP contribution in [0.3, 0.4) is 0 Å². The van der Waals surface area contributed by atoms with E-state index < -0.39 is 7.60 Å². The summed E-state index contributed by atoms with van der Waals surface area (Å²) in [5, 5.41) is 0.993. The number of benzene rings is 1. The molecule has 0 N–H and O–H groups in total. The minimum Gasteiger partial charge on any atom is -0.312 e. The fourth-order valence-corrected chi connectivity index (χ4v) is 3.42. The van der Waals surface area contributed by atoms with Crippen molar-refractivity contribution in [3.8, 4) is 0 Å². The van der Waals surface area contributed by atoms with Crippen LogP contribution in [0.1, 0.15) is 5.56 Å². The van der Waals surface area contributed by atoms with Gasteiger partial charge in [-0.3, -0.25) is 4.57 Å². The van der Waals surface area contributed by atoms with Crippen LogP contribution < -0.4 is 0 Å². The molecular formula is C11H11Cl4O3P. The molecule has 106 valence electrons. The first-order valence-corrected chi connectivity index (χ1v) is 8.31. The van der Waals surface area contributed by atoms with E-state index in [0.717, 1.165) is 0 Å². The van der Waals surface area contributed by atoms with Gasteiger partial charge in [-0.05, 0) is 23.3 Å². The Morgan fingerprint density at radius 3 is 2.16 bits per heavy atom. The predicted octanol–water partition coefficient (Wildman–Crippen LogP) is 5.71. The van der Waals surface area contributed by atoms with E-state index in [0.29, 0.717) is 26.2 Å². The summed E-state index contributed by atoms with van der Waals surface area (Å²) >= 11 is 23.6. The molecule has 0 aliphatic heterocycles. The Bertz CT molecular complexity index is 537. The highest BCUT2D eigenvalue weighted by Gasteiger charge is 2.25. The van der Waals surface area contributed by atoms with Crippen molar-refractivity contribution >= 4 is 59.6 Å². The minimum atomic E-state index is -3.25. The molecule has 0 radical (unpaired) electrons. The summed E-state index contributed by atoms with van der Waals surface area (Å²) in [4.78, 5) is 0. The van der Waals surface area contributed by atoms with Gasteiger partial charge in [0.2, 0.25) is 0 Å². The molecule has 0 aliphatic carbocycles. The largest absolute Gasteiger partial charge is 0.334 e. The van der Waals surface area contributed by atoms with Gasteiger partial charge in [0.15, 0.2) is 0 Å². The lowest BCUT2D eigenvalue weighted by atomic mass is 10.1. The smallest absolute Gasteiger partial charge is 0.312 e. The molecule has 19 heavy (non-hydrogen) atoms. The molecule has 0 amide bonds. The minimum absolute atomic E-state index is 0.0266. The molecule has 0 heterocycles. The second-order valence-electron chi connectivity index (χ2n) is 3.51. The summed E-state index contributed by atoms with van der Waals surface area (Å²) in [6.07, 6.45) is -0.0266. The van der Waals surface area contributed by atoms with Gasteiger partial charge in [0, 0.05) is 24.8 Å². The third kappa shape index (κ3) is 4.37. The third-order valence-corrected chi connectivity index (χ3v) is 5.55. The van der Waals surface area contributed by atoms with Crippen molar-refractivity contribution in [2.75, 3.05) is 20.4 Å². The predicted molar refractivity (Wildman–Crippen MR) is 81.8 cm³/mol. The second kappa shape index (κ2) is 7.33. The molecule has 0 aromatic heterocycles. The molecule has 3 nitrogen and oxygen atoms in total. The monoisotopic (exact) mass is 362 g/mol. The van der Waals surface area contributed by atoms with Crippen LogP contribution in [-0.2, 0) is 13.6 Å². The van der Waals surface area contributed by atoms with E-state index in [1.165, 1.54) is 25.8 Å². The maximum atomic E-state index is 12.1. The van der Waals surface area contributed by atoms with Crippen molar-refractivity contribution in [2.45, 2.75) is 0 Å². The standard InChI is InChI=1S/C11H11Cl4O3P/c1-17-19(16,18-2)6-7(5-12)8-3-10(14)11(15)4-9(8)13/h3-5H,6H2,1-2H3/b7-5+. The van der Waals surface area contributed by atoms with E-state index in [1.54, 1.807) is 6.07 Å². The van der Waals surface area contributed by atoms with Gasteiger partial charge in [0.1, 0.15) is 0 Å². The van der Waals surface area contributed by atoms with Crippen molar-refractivity contribution in [1.29, 1.82) is 0 Å². The van der Waals surface area contributed by atoms with Gasteiger partial charge in [-0.2, -0.15) is 0 Å². The first-order valence-electron chi connectivity index (χ1n) is 5.01. The molecule has 0 saturated carbocycles. The number of hydrogen-bond acceptors (Lipinski definition) is 3. The zero-order valence-corrected chi connectivity index (χ0v) is 14.0. The van der Waals surface area contributed by atoms with E-state index in [-0.39, 0.29) is 6.16 Å². The van der Waals surface area contributed by atoms with Crippen molar-refractivity contribution in [2.24, 2.45) is 0 Å². The van der Waals surface area contributed by atoms with Crippen molar-refractivity contribution < 1.29 is 13.6 Å². The van der Waals surface area contributed by atoms with Gasteiger partial charge in [0.05, 0.1) is 16.2 Å². The Labute approximate surface area is 131 Å². The molecule has 1 rings (SSSR count). The van der Waals surface area contributed by atoms with Gasteiger partial charge in [-0.1, -0.05) is 46.4 Å². The normalized spacial score (nSPS) is 12.8. The van der Waals surface area contributed by atoms with Crippen LogP contribution in [0.15, 0.2) is 17.7 Å². The Balaban J connectivity index is 3.20. The zero-order chi connectivity index (χ0) is 14.6. The molecule has 0 fully saturated rings. The lowest BCUT2D eigenvalue weighted by Gasteiger charge is -2.16. The Hall–Kier alpha value is 0.270. The van der Waals surface area contributed by atoms with Crippen LogP contribution in [0.2, 0.25) is 15.1 Å². The summed E-state index contributed by atoms with van der Waals surface area (Å²) in [6, 6.07) is 3.04. The fraction of sp³-hybridized carbons (Fsp3) is 0.273. The summed E-state index contributed by atoms with van der Waals surface area (Å²) < 4.78 is 21.8. The van der Waals surface area contributed by atoms with Crippen molar-refractivity contribution in [3.05, 3.63) is 38.3 Å². The van der Waals surface area contributed by atoms with Crippen LogP contribution in [-0.4, -0.2) is 20.4 Å². The molecule has 0 unspecified atom stereocenters. The molecule has 0 saturated heterocycles. The van der Waals surface area contributed by atoms with E-state index in [4.69, 9.17) is 55.5 Å². The van der Waals surface area contributed by atoms with Crippen molar-refractivity contribution in [1.82, 2.24) is 0 Å². The van der Waals surface area contributed by atoms with E-state index in [9.17, 15) is 4.57 Å². The highest BCUT2D eigenvalue weighted by Crippen LogP contribution is 2.50. The van der Waals surface area contributed by atoms with Gasteiger partial charge >= 0.3 is 7.60 Å². The third-order valence-electron chi connectivity index (χ3n) is 2.41. The van der Waals surface area contributed by atoms with Crippen LogP contribution >= 0.6 is 54.0 Å². The highest BCUT2D eigenvalue weighted by atomic mass is 35.5. The van der Waals surface area contributed by atoms with Gasteiger partial charge in [-0.15, -0.1) is 0 Å². The van der Waals surface area contributed by atoms with Crippen LogP contribution in [0.4, 0.5) is 0 Å². The fourth-order valence-electron chi connectivity index (χ4n) is 1.36. The highest BCUT2D eigenvalue weighted by molar-refractivity contribution is 7.54. The van der Waals surface area contributed by atoms with Crippen LogP contribution in [0.25, 0.3) is 5.57 Å². The Morgan fingerprint density at radius 2 is 1.68 bits per heavy atom. The molecule has 0 spiro atoms. The Kier molecular flexibility index (Phi) is 6.68. The first-order chi connectivity index (χ1) is 8.86. The van der Waals surface area contributed by atoms with E-state index in [2.05, 4.69) is 0 Å². The van der Waals surface area contributed by atoms with E-state index in [1.807, 2.05) is 0 Å². The molecule has 0 atom stereocenters. The summed E-state index contributed by atoms with van der Waals surface area (Å²) in [7, 11) is -0.657. The maximum Gasteiger partial charge on any atom is 0.334 e. The summed E-state index contributed by atoms with van der Waals surface area (Å²) in [5.74, 6) is 0. The van der Waals surface area contributed by atoms with Gasteiger partial charge < -0.3 is 9.05 Å². The number of rotatable bonds is 5. The summed E-state index contributed by atoms with van der Waals surface area (Å²) in [6.45, 7) is 0. The number of halogens is 4. The topological polar surface area (TPSA) is 35.5 Å². The Morgan fingerprint density at radius 1 is 1.16 bits per heavy atom. The van der Waals surface area contributed by atoms with Crippen molar-refractivity contribution in [3.63, 3.8) is 0 Å². The summed E-state index contributed by atoms with van der Waals surface area (Å²) in [5.41, 5.74) is 2.27. The molecule has 0 bridgehead atoms. The first kappa shape index (κ1) is 17.3. The average molecular weight is 364 g/mol. The van der Waals surface area contributed by atoms with Gasteiger partial charge in [0.25, 0.3) is 0 Å². The molecule has 0 aliphatic rings. The lowest BCUT2D eigenvalue weighted by Crippen LogP contribution is -1.98.